The van der Waals surface area contributed by atoms with Crippen LogP contribution in [0, 0.1) is 0 Å². The molecule has 98 valence electrons. The van der Waals surface area contributed by atoms with E-state index in [0.29, 0.717) is 0 Å². The van der Waals surface area contributed by atoms with Gasteiger partial charge in [0, 0.05) is 0 Å². The molecule has 0 rings (SSSR count). The minimum atomic E-state index is -1.30. The molecule has 0 amide bonds. The summed E-state index contributed by atoms with van der Waals surface area (Å²) in [5.41, 5.74) is 4.72. The van der Waals surface area contributed by atoms with Crippen molar-refractivity contribution >= 4 is 17.9 Å². The SMILES string of the molecule is CC(C)(C)OC(=O)C(N)COC(=O)CC(=O)O. The molecule has 1 atom stereocenters. The highest BCUT2D eigenvalue weighted by Gasteiger charge is 2.23. The van der Waals surface area contributed by atoms with E-state index in [1.165, 1.54) is 0 Å². The zero-order chi connectivity index (χ0) is 13.6. The highest BCUT2D eigenvalue weighted by Crippen LogP contribution is 2.07. The van der Waals surface area contributed by atoms with Crippen molar-refractivity contribution in [2.75, 3.05) is 6.61 Å². The van der Waals surface area contributed by atoms with Crippen LogP contribution in [0.2, 0.25) is 0 Å². The van der Waals surface area contributed by atoms with Crippen LogP contribution in [0.4, 0.5) is 0 Å². The molecule has 17 heavy (non-hydrogen) atoms. The van der Waals surface area contributed by atoms with Crippen molar-refractivity contribution in [1.82, 2.24) is 0 Å². The fraction of sp³-hybridized carbons (Fsp3) is 0.700. The van der Waals surface area contributed by atoms with Gasteiger partial charge in [0.2, 0.25) is 0 Å². The molecular formula is C10H17NO6. The van der Waals surface area contributed by atoms with Gasteiger partial charge >= 0.3 is 17.9 Å². The van der Waals surface area contributed by atoms with Gasteiger partial charge in [-0.1, -0.05) is 0 Å². The van der Waals surface area contributed by atoms with E-state index in [1.807, 2.05) is 0 Å². The molecule has 0 saturated carbocycles. The Morgan fingerprint density at radius 2 is 1.82 bits per heavy atom. The van der Waals surface area contributed by atoms with Crippen molar-refractivity contribution in [2.45, 2.75) is 38.8 Å². The average Bonchev–Trinajstić information content (AvgIpc) is 2.10. The normalized spacial score (nSPS) is 12.7. The molecule has 0 aliphatic heterocycles. The Kier molecular flexibility index (Phi) is 5.60. The number of carboxylic acid groups (broad SMARTS) is 1. The quantitative estimate of drug-likeness (QED) is 0.504. The summed E-state index contributed by atoms with van der Waals surface area (Å²) in [7, 11) is 0. The number of carboxylic acids is 1. The summed E-state index contributed by atoms with van der Waals surface area (Å²) in [6.07, 6.45) is -0.763. The third kappa shape index (κ3) is 8.21. The lowest BCUT2D eigenvalue weighted by atomic mass is 10.2. The molecule has 0 fully saturated rings. The Hall–Kier alpha value is -1.63. The summed E-state index contributed by atoms with van der Waals surface area (Å²) in [6, 6.07) is -1.12. The largest absolute Gasteiger partial charge is 0.481 e. The highest BCUT2D eigenvalue weighted by atomic mass is 16.6. The molecule has 0 aliphatic carbocycles. The number of ether oxygens (including phenoxy) is 2. The van der Waals surface area contributed by atoms with Crippen LogP contribution in [0.1, 0.15) is 27.2 Å². The molecule has 0 aromatic rings. The van der Waals surface area contributed by atoms with Crippen molar-refractivity contribution in [1.29, 1.82) is 0 Å². The van der Waals surface area contributed by atoms with Gasteiger partial charge in [0.05, 0.1) is 0 Å². The highest BCUT2D eigenvalue weighted by molar-refractivity contribution is 5.90. The molecule has 0 aromatic heterocycles. The summed E-state index contributed by atoms with van der Waals surface area (Å²) in [4.78, 5) is 32.3. The van der Waals surface area contributed by atoms with E-state index in [2.05, 4.69) is 4.74 Å². The second-order valence-electron chi connectivity index (χ2n) is 4.39. The van der Waals surface area contributed by atoms with Gasteiger partial charge in [-0.3, -0.25) is 14.4 Å². The van der Waals surface area contributed by atoms with Gasteiger partial charge in [-0.05, 0) is 20.8 Å². The first kappa shape index (κ1) is 15.4. The average molecular weight is 247 g/mol. The minimum absolute atomic E-state index is 0.402. The molecular weight excluding hydrogens is 230 g/mol. The number of esters is 2. The Bertz CT molecular complexity index is 306. The lowest BCUT2D eigenvalue weighted by Gasteiger charge is -2.21. The Morgan fingerprint density at radius 1 is 1.29 bits per heavy atom. The summed E-state index contributed by atoms with van der Waals surface area (Å²) in [6.45, 7) is 4.62. The van der Waals surface area contributed by atoms with Gasteiger partial charge in [0.25, 0.3) is 0 Å². The molecule has 0 radical (unpaired) electrons. The van der Waals surface area contributed by atoms with Crippen molar-refractivity contribution in [3.63, 3.8) is 0 Å². The maximum Gasteiger partial charge on any atom is 0.326 e. The third-order valence-corrected chi connectivity index (χ3v) is 1.43. The molecule has 3 N–H and O–H groups in total. The van der Waals surface area contributed by atoms with Gasteiger partial charge in [0.1, 0.15) is 24.7 Å². The van der Waals surface area contributed by atoms with Crippen LogP contribution in [0.3, 0.4) is 0 Å². The van der Waals surface area contributed by atoms with E-state index in [4.69, 9.17) is 15.6 Å². The van der Waals surface area contributed by atoms with Crippen LogP contribution >= 0.6 is 0 Å². The van der Waals surface area contributed by atoms with Crippen LogP contribution < -0.4 is 5.73 Å². The first-order valence-corrected chi connectivity index (χ1v) is 4.97. The van der Waals surface area contributed by atoms with Crippen LogP contribution in [0.5, 0.6) is 0 Å². The topological polar surface area (TPSA) is 116 Å². The van der Waals surface area contributed by atoms with Crippen molar-refractivity contribution < 1.29 is 29.0 Å². The summed E-state index contributed by atoms with van der Waals surface area (Å²) >= 11 is 0. The van der Waals surface area contributed by atoms with Crippen LogP contribution in [-0.4, -0.2) is 41.3 Å². The van der Waals surface area contributed by atoms with Crippen LogP contribution in [0.25, 0.3) is 0 Å². The number of nitrogens with two attached hydrogens (primary N) is 1. The first-order chi connectivity index (χ1) is 7.61. The number of hydrogen-bond donors (Lipinski definition) is 2. The third-order valence-electron chi connectivity index (χ3n) is 1.43. The van der Waals surface area contributed by atoms with Gasteiger partial charge in [-0.2, -0.15) is 0 Å². The second-order valence-corrected chi connectivity index (χ2v) is 4.39. The summed E-state index contributed by atoms with van der Waals surface area (Å²) < 4.78 is 9.45. The monoisotopic (exact) mass is 247 g/mol. The van der Waals surface area contributed by atoms with E-state index in [-0.39, 0.29) is 0 Å². The number of carbonyl (C=O) groups is 3. The predicted molar refractivity (Wildman–Crippen MR) is 57.0 cm³/mol. The number of carbonyl (C=O) groups excluding carboxylic acids is 2. The van der Waals surface area contributed by atoms with Crippen molar-refractivity contribution in [3.8, 4) is 0 Å². The molecule has 0 heterocycles. The summed E-state index contributed by atoms with van der Waals surface area (Å²) in [5.74, 6) is -2.96. The Labute approximate surface area is 98.9 Å². The lowest BCUT2D eigenvalue weighted by molar-refractivity contribution is -0.160. The standard InChI is InChI=1S/C10H17NO6/c1-10(2,3)17-9(15)6(11)5-16-8(14)4-7(12)13/h6H,4-5,11H2,1-3H3,(H,12,13). The fourth-order valence-electron chi connectivity index (χ4n) is 0.803. The summed E-state index contributed by atoms with van der Waals surface area (Å²) in [5, 5.41) is 8.29. The number of aliphatic carboxylic acids is 1. The van der Waals surface area contributed by atoms with E-state index >= 15 is 0 Å². The molecule has 0 spiro atoms. The second kappa shape index (κ2) is 6.19. The van der Waals surface area contributed by atoms with Gasteiger partial charge < -0.3 is 20.3 Å². The van der Waals surface area contributed by atoms with Gasteiger partial charge in [0.15, 0.2) is 0 Å². The van der Waals surface area contributed by atoms with E-state index in [1.54, 1.807) is 20.8 Å². The Morgan fingerprint density at radius 3 is 2.24 bits per heavy atom. The van der Waals surface area contributed by atoms with Crippen LogP contribution in [-0.2, 0) is 23.9 Å². The lowest BCUT2D eigenvalue weighted by Crippen LogP contribution is -2.41. The number of hydrogen-bond acceptors (Lipinski definition) is 6. The van der Waals surface area contributed by atoms with Gasteiger partial charge in [-0.25, -0.2) is 0 Å². The smallest absolute Gasteiger partial charge is 0.326 e. The van der Waals surface area contributed by atoms with Crippen molar-refractivity contribution in [2.24, 2.45) is 5.73 Å². The molecule has 7 heteroatoms. The Balaban J connectivity index is 4.01. The minimum Gasteiger partial charge on any atom is -0.481 e. The van der Waals surface area contributed by atoms with Crippen LogP contribution in [0.15, 0.2) is 0 Å². The maximum atomic E-state index is 11.3. The molecule has 0 aromatic carbocycles. The molecule has 7 nitrogen and oxygen atoms in total. The van der Waals surface area contributed by atoms with Crippen molar-refractivity contribution in [3.05, 3.63) is 0 Å². The zero-order valence-electron chi connectivity index (χ0n) is 10.1. The van der Waals surface area contributed by atoms with E-state index < -0.39 is 42.6 Å². The molecule has 1 unspecified atom stereocenters. The molecule has 0 saturated heterocycles. The predicted octanol–water partition coefficient (Wildman–Crippen LogP) is -0.327. The maximum absolute atomic E-state index is 11.3. The van der Waals surface area contributed by atoms with Gasteiger partial charge in [-0.15, -0.1) is 0 Å². The zero-order valence-corrected chi connectivity index (χ0v) is 10.1. The molecule has 0 aliphatic rings. The fourth-order valence-corrected chi connectivity index (χ4v) is 0.803. The van der Waals surface area contributed by atoms with E-state index in [0.717, 1.165) is 0 Å². The number of rotatable bonds is 5. The van der Waals surface area contributed by atoms with E-state index in [9.17, 15) is 14.4 Å². The molecule has 0 bridgehead atoms. The first-order valence-electron chi connectivity index (χ1n) is 4.97.